The first-order chi connectivity index (χ1) is 16.6. The van der Waals surface area contributed by atoms with E-state index in [1.807, 2.05) is 51.3 Å². The Hall–Kier alpha value is -2.56. The summed E-state index contributed by atoms with van der Waals surface area (Å²) in [6.07, 6.45) is -0.355. The van der Waals surface area contributed by atoms with E-state index in [1.165, 1.54) is 23.1 Å². The third kappa shape index (κ3) is 6.56. The van der Waals surface area contributed by atoms with Crippen LogP contribution in [0.4, 0.5) is 5.00 Å². The van der Waals surface area contributed by atoms with Gasteiger partial charge in [0.05, 0.1) is 17.9 Å². The molecule has 0 aliphatic heterocycles. The molecule has 1 N–H and O–H groups in total. The number of aryl methyl sites for hydroxylation is 3. The highest BCUT2D eigenvalue weighted by molar-refractivity contribution is 7.99. The Morgan fingerprint density at radius 2 is 1.86 bits per heavy atom. The molecule has 2 heterocycles. The fourth-order valence-corrected chi connectivity index (χ4v) is 5.33. The van der Waals surface area contributed by atoms with Crippen LogP contribution in [-0.4, -0.2) is 39.0 Å². The van der Waals surface area contributed by atoms with Gasteiger partial charge in [-0.2, -0.15) is 0 Å². The highest BCUT2D eigenvalue weighted by atomic mass is 35.5. The quantitative estimate of drug-likeness (QED) is 0.251. The molecule has 35 heavy (non-hydrogen) atoms. The number of rotatable bonds is 10. The molecule has 0 spiro atoms. The number of halogens is 1. The molecule has 8 nitrogen and oxygen atoms in total. The van der Waals surface area contributed by atoms with E-state index in [0.717, 1.165) is 21.0 Å². The van der Waals surface area contributed by atoms with E-state index in [2.05, 4.69) is 15.5 Å². The van der Waals surface area contributed by atoms with Crippen molar-refractivity contribution in [2.75, 3.05) is 17.7 Å². The average Bonchev–Trinajstić information content (AvgIpc) is 3.38. The molecule has 0 aliphatic carbocycles. The Morgan fingerprint density at radius 3 is 2.49 bits per heavy atom. The van der Waals surface area contributed by atoms with E-state index in [4.69, 9.17) is 21.1 Å². The van der Waals surface area contributed by atoms with Crippen molar-refractivity contribution >= 4 is 51.6 Å². The number of benzene rings is 1. The lowest BCUT2D eigenvalue weighted by atomic mass is 10.1. The fourth-order valence-electron chi connectivity index (χ4n) is 3.50. The summed E-state index contributed by atoms with van der Waals surface area (Å²) >= 11 is 8.88. The number of aromatic nitrogens is 3. The normalized spacial score (nSPS) is 11.9. The molecule has 0 radical (unpaired) electrons. The Kier molecular flexibility index (Phi) is 9.21. The van der Waals surface area contributed by atoms with Crippen molar-refractivity contribution in [3.63, 3.8) is 0 Å². The molecule has 2 aromatic heterocycles. The Morgan fingerprint density at radius 1 is 1.17 bits per heavy atom. The number of nitrogens with zero attached hydrogens (tertiary/aromatic N) is 3. The van der Waals surface area contributed by atoms with Crippen molar-refractivity contribution in [3.05, 3.63) is 50.6 Å². The standard InChI is InChI=1S/C24H29ClN4O4S2/c1-7-29-21(16(6)33-17-9-13(3)20(25)14(4)10-17)27-28-24(29)34-12-19(30)26-22-18(11-15(5)35-22)23(31)32-8-2/h9-11,16H,7-8,12H2,1-6H3,(H,26,30). The van der Waals surface area contributed by atoms with Crippen molar-refractivity contribution in [1.29, 1.82) is 0 Å². The van der Waals surface area contributed by atoms with Crippen LogP contribution < -0.4 is 10.1 Å². The summed E-state index contributed by atoms with van der Waals surface area (Å²) in [7, 11) is 0. The van der Waals surface area contributed by atoms with Crippen LogP contribution in [0.2, 0.25) is 5.02 Å². The second-order valence-corrected chi connectivity index (χ2v) is 10.5. The first-order valence-electron chi connectivity index (χ1n) is 11.2. The lowest BCUT2D eigenvalue weighted by Crippen LogP contribution is -2.16. The lowest BCUT2D eigenvalue weighted by Gasteiger charge is -2.17. The van der Waals surface area contributed by atoms with Gasteiger partial charge in [0.1, 0.15) is 10.8 Å². The maximum absolute atomic E-state index is 12.6. The van der Waals surface area contributed by atoms with E-state index in [0.29, 0.717) is 33.8 Å². The molecule has 1 atom stereocenters. The molecule has 0 saturated heterocycles. The molecule has 0 saturated carbocycles. The first kappa shape index (κ1) is 27.0. The van der Waals surface area contributed by atoms with E-state index in [9.17, 15) is 9.59 Å². The smallest absolute Gasteiger partial charge is 0.341 e. The van der Waals surface area contributed by atoms with Crippen LogP contribution in [-0.2, 0) is 16.1 Å². The molecule has 3 rings (SSSR count). The van der Waals surface area contributed by atoms with Gasteiger partial charge in [-0.25, -0.2) is 4.79 Å². The van der Waals surface area contributed by atoms with Gasteiger partial charge in [0.15, 0.2) is 17.1 Å². The molecule has 3 aromatic rings. The van der Waals surface area contributed by atoms with Gasteiger partial charge in [-0.1, -0.05) is 23.4 Å². The highest BCUT2D eigenvalue weighted by Gasteiger charge is 2.21. The van der Waals surface area contributed by atoms with Crippen molar-refractivity contribution in [3.8, 4) is 5.75 Å². The zero-order chi connectivity index (χ0) is 25.7. The second-order valence-electron chi connectivity index (χ2n) is 7.87. The number of carbonyl (C=O) groups is 2. The topological polar surface area (TPSA) is 95.3 Å². The number of nitrogens with one attached hydrogen (secondary N) is 1. The SMILES string of the molecule is CCOC(=O)c1cc(C)sc1NC(=O)CSc1nnc(C(C)Oc2cc(C)c(Cl)c(C)c2)n1CC. The first-order valence-corrected chi connectivity index (χ1v) is 13.4. The van der Waals surface area contributed by atoms with Gasteiger partial charge in [0.2, 0.25) is 5.91 Å². The number of thiophene rings is 1. The molecule has 0 bridgehead atoms. The van der Waals surface area contributed by atoms with E-state index < -0.39 is 5.97 Å². The van der Waals surface area contributed by atoms with Crippen LogP contribution >= 0.6 is 34.7 Å². The van der Waals surface area contributed by atoms with Crippen LogP contribution in [0.3, 0.4) is 0 Å². The Labute approximate surface area is 218 Å². The molecule has 0 aliphatic rings. The summed E-state index contributed by atoms with van der Waals surface area (Å²) in [5.41, 5.74) is 2.26. The minimum atomic E-state index is -0.449. The van der Waals surface area contributed by atoms with Crippen LogP contribution in [0, 0.1) is 20.8 Å². The van der Waals surface area contributed by atoms with Crippen molar-refractivity contribution in [1.82, 2.24) is 14.8 Å². The van der Waals surface area contributed by atoms with Crippen molar-refractivity contribution < 1.29 is 19.1 Å². The van der Waals surface area contributed by atoms with Crippen LogP contribution in [0.25, 0.3) is 0 Å². The Bertz CT molecular complexity index is 1200. The number of carbonyl (C=O) groups excluding carboxylic acids is 2. The van der Waals surface area contributed by atoms with Crippen molar-refractivity contribution in [2.45, 2.75) is 59.3 Å². The minimum Gasteiger partial charge on any atom is -0.483 e. The van der Waals surface area contributed by atoms with Crippen molar-refractivity contribution in [2.24, 2.45) is 0 Å². The maximum Gasteiger partial charge on any atom is 0.341 e. The average molecular weight is 537 g/mol. The summed E-state index contributed by atoms with van der Waals surface area (Å²) in [6, 6.07) is 5.51. The maximum atomic E-state index is 12.6. The summed E-state index contributed by atoms with van der Waals surface area (Å²) in [6.45, 7) is 12.3. The third-order valence-electron chi connectivity index (χ3n) is 5.08. The molecule has 188 valence electrons. The summed E-state index contributed by atoms with van der Waals surface area (Å²) in [5, 5.41) is 13.2. The minimum absolute atomic E-state index is 0.113. The summed E-state index contributed by atoms with van der Waals surface area (Å²) < 4.78 is 13.1. The monoisotopic (exact) mass is 536 g/mol. The molecule has 0 fully saturated rings. The number of hydrogen-bond donors (Lipinski definition) is 1. The van der Waals surface area contributed by atoms with Gasteiger partial charge < -0.3 is 19.4 Å². The molecule has 11 heteroatoms. The Balaban J connectivity index is 1.67. The molecule has 1 amide bonds. The van der Waals surface area contributed by atoms with Crippen LogP contribution in [0.5, 0.6) is 5.75 Å². The number of hydrogen-bond acceptors (Lipinski definition) is 8. The second kappa shape index (κ2) is 11.9. The molecule has 1 aromatic carbocycles. The fraction of sp³-hybridized carbons (Fsp3) is 0.417. The molecule has 1 unspecified atom stereocenters. The number of anilines is 1. The number of ether oxygens (including phenoxy) is 2. The lowest BCUT2D eigenvalue weighted by molar-refractivity contribution is -0.113. The van der Waals surface area contributed by atoms with Gasteiger partial charge in [-0.3, -0.25) is 4.79 Å². The number of amides is 1. The van der Waals surface area contributed by atoms with E-state index >= 15 is 0 Å². The van der Waals surface area contributed by atoms with Crippen LogP contribution in [0.1, 0.15) is 59.1 Å². The van der Waals surface area contributed by atoms with Gasteiger partial charge in [-0.05, 0) is 70.9 Å². The zero-order valence-electron chi connectivity index (χ0n) is 20.6. The zero-order valence-corrected chi connectivity index (χ0v) is 23.0. The largest absolute Gasteiger partial charge is 0.483 e. The van der Waals surface area contributed by atoms with Gasteiger partial charge >= 0.3 is 5.97 Å². The predicted octanol–water partition coefficient (Wildman–Crippen LogP) is 5.99. The number of thioether (sulfide) groups is 1. The van der Waals surface area contributed by atoms with E-state index in [-0.39, 0.29) is 24.4 Å². The third-order valence-corrected chi connectivity index (χ3v) is 7.61. The molecular weight excluding hydrogens is 508 g/mol. The predicted molar refractivity (Wildman–Crippen MR) is 140 cm³/mol. The highest BCUT2D eigenvalue weighted by Crippen LogP contribution is 2.31. The van der Waals surface area contributed by atoms with E-state index in [1.54, 1.807) is 13.0 Å². The summed E-state index contributed by atoms with van der Waals surface area (Å²) in [4.78, 5) is 25.7. The van der Waals surface area contributed by atoms with Gasteiger partial charge in [0.25, 0.3) is 0 Å². The van der Waals surface area contributed by atoms with Crippen LogP contribution in [0.15, 0.2) is 23.4 Å². The number of esters is 1. The van der Waals surface area contributed by atoms with Gasteiger partial charge in [0, 0.05) is 16.4 Å². The van der Waals surface area contributed by atoms with Gasteiger partial charge in [-0.15, -0.1) is 21.5 Å². The molecular formula is C24H29ClN4O4S2. The summed E-state index contributed by atoms with van der Waals surface area (Å²) in [5.74, 6) is 0.794.